The maximum Gasteiger partial charge on any atom is 0.0587 e. The third-order valence-electron chi connectivity index (χ3n) is 5.01. The third-order valence-corrected chi connectivity index (χ3v) is 5.01. The second kappa shape index (κ2) is 7.39. The summed E-state index contributed by atoms with van der Waals surface area (Å²) in [5.74, 6) is 0.805. The summed E-state index contributed by atoms with van der Waals surface area (Å²) in [5, 5.41) is 3.53. The average molecular weight is 288 g/mol. The molecule has 1 aromatic carbocycles. The summed E-state index contributed by atoms with van der Waals surface area (Å²) >= 11 is 0. The van der Waals surface area contributed by atoms with Crippen molar-refractivity contribution in [1.82, 2.24) is 10.2 Å². The summed E-state index contributed by atoms with van der Waals surface area (Å²) in [6.45, 7) is 5.47. The number of nitrogens with zero attached hydrogens (tertiary/aromatic N) is 1. The van der Waals surface area contributed by atoms with Crippen molar-refractivity contribution < 1.29 is 4.74 Å². The van der Waals surface area contributed by atoms with Crippen LogP contribution in [0.15, 0.2) is 24.3 Å². The Labute approximate surface area is 128 Å². The molecule has 3 rings (SSSR count). The molecule has 0 aromatic heterocycles. The maximum atomic E-state index is 5.10. The fraction of sp³-hybridized carbons (Fsp3) is 0.667. The summed E-state index contributed by atoms with van der Waals surface area (Å²) in [4.78, 5) is 2.74. The molecule has 0 unspecified atom stereocenters. The van der Waals surface area contributed by atoms with Crippen LogP contribution in [0.1, 0.15) is 24.0 Å². The third kappa shape index (κ3) is 3.85. The van der Waals surface area contributed by atoms with Crippen molar-refractivity contribution in [1.29, 1.82) is 0 Å². The molecule has 116 valence electrons. The van der Waals surface area contributed by atoms with Gasteiger partial charge in [0.15, 0.2) is 0 Å². The van der Waals surface area contributed by atoms with Crippen LogP contribution in [0.25, 0.3) is 0 Å². The molecule has 0 amide bonds. The van der Waals surface area contributed by atoms with Crippen molar-refractivity contribution in [3.8, 4) is 0 Å². The highest BCUT2D eigenvalue weighted by atomic mass is 16.5. The van der Waals surface area contributed by atoms with E-state index >= 15 is 0 Å². The van der Waals surface area contributed by atoms with E-state index in [0.717, 1.165) is 31.7 Å². The largest absolute Gasteiger partial charge is 0.383 e. The van der Waals surface area contributed by atoms with Gasteiger partial charge < -0.3 is 10.1 Å². The predicted octanol–water partition coefficient (Wildman–Crippen LogP) is 2.10. The highest BCUT2D eigenvalue weighted by Gasteiger charge is 2.30. The summed E-state index contributed by atoms with van der Waals surface area (Å²) in [7, 11) is 1.77. The molecule has 1 aliphatic heterocycles. The first-order chi connectivity index (χ1) is 10.4. The molecule has 1 fully saturated rings. The van der Waals surface area contributed by atoms with Gasteiger partial charge in [0.2, 0.25) is 0 Å². The van der Waals surface area contributed by atoms with Crippen LogP contribution in [0.5, 0.6) is 0 Å². The minimum atomic E-state index is 0.740. The van der Waals surface area contributed by atoms with Crippen LogP contribution in [-0.4, -0.2) is 50.8 Å². The molecule has 1 heterocycles. The van der Waals surface area contributed by atoms with Crippen molar-refractivity contribution >= 4 is 0 Å². The normalized spacial score (nSPS) is 23.4. The molecule has 3 heteroatoms. The van der Waals surface area contributed by atoms with E-state index in [1.54, 1.807) is 18.2 Å². The van der Waals surface area contributed by atoms with E-state index in [0.29, 0.717) is 0 Å². The van der Waals surface area contributed by atoms with Crippen molar-refractivity contribution in [3.05, 3.63) is 35.4 Å². The van der Waals surface area contributed by atoms with Crippen LogP contribution in [0.3, 0.4) is 0 Å². The van der Waals surface area contributed by atoms with Crippen molar-refractivity contribution in [2.45, 2.75) is 31.7 Å². The van der Waals surface area contributed by atoms with E-state index in [9.17, 15) is 0 Å². The molecular formula is C18H28N2O. The number of ether oxygens (including phenoxy) is 1. The summed E-state index contributed by atoms with van der Waals surface area (Å²) in [5.41, 5.74) is 3.14. The van der Waals surface area contributed by atoms with E-state index in [1.807, 2.05) is 0 Å². The molecule has 1 aromatic rings. The number of rotatable bonds is 6. The van der Waals surface area contributed by atoms with Gasteiger partial charge in [-0.2, -0.15) is 0 Å². The smallest absolute Gasteiger partial charge is 0.0587 e. The molecule has 1 N–H and O–H groups in total. The van der Waals surface area contributed by atoms with Crippen molar-refractivity contribution in [2.24, 2.45) is 5.92 Å². The number of methoxy groups -OCH3 is 1. The SMILES string of the molecule is COCCNC[C@H]1CCCN(C2Cc3ccccc3C2)C1. The minimum absolute atomic E-state index is 0.740. The number of benzene rings is 1. The monoisotopic (exact) mass is 288 g/mol. The summed E-state index contributed by atoms with van der Waals surface area (Å²) < 4.78 is 5.10. The van der Waals surface area contributed by atoms with E-state index in [2.05, 4.69) is 34.5 Å². The fourth-order valence-corrected chi connectivity index (χ4v) is 3.87. The van der Waals surface area contributed by atoms with Crippen molar-refractivity contribution in [3.63, 3.8) is 0 Å². The molecule has 2 aliphatic rings. The quantitative estimate of drug-likeness (QED) is 0.811. The second-order valence-electron chi connectivity index (χ2n) is 6.53. The van der Waals surface area contributed by atoms with E-state index in [-0.39, 0.29) is 0 Å². The Balaban J connectivity index is 1.48. The number of nitrogens with one attached hydrogen (secondary N) is 1. The number of fused-ring (bicyclic) bond motifs is 1. The lowest BCUT2D eigenvalue weighted by Crippen LogP contribution is -2.45. The Morgan fingerprint density at radius 2 is 2.00 bits per heavy atom. The number of piperidine rings is 1. The summed E-state index contributed by atoms with van der Waals surface area (Å²) in [6.07, 6.45) is 5.22. The van der Waals surface area contributed by atoms with Gasteiger partial charge >= 0.3 is 0 Å². The zero-order valence-corrected chi connectivity index (χ0v) is 13.2. The first-order valence-electron chi connectivity index (χ1n) is 8.37. The Kier molecular flexibility index (Phi) is 5.28. The molecule has 0 bridgehead atoms. The predicted molar refractivity (Wildman–Crippen MR) is 86.7 cm³/mol. The second-order valence-corrected chi connectivity index (χ2v) is 6.53. The first-order valence-corrected chi connectivity index (χ1v) is 8.37. The van der Waals surface area contributed by atoms with E-state index in [4.69, 9.17) is 4.74 Å². The van der Waals surface area contributed by atoms with E-state index < -0.39 is 0 Å². The fourth-order valence-electron chi connectivity index (χ4n) is 3.87. The summed E-state index contributed by atoms with van der Waals surface area (Å²) in [6, 6.07) is 9.72. The lowest BCUT2D eigenvalue weighted by Gasteiger charge is -2.37. The van der Waals surface area contributed by atoms with Gasteiger partial charge in [-0.25, -0.2) is 0 Å². The van der Waals surface area contributed by atoms with Gasteiger partial charge in [-0.1, -0.05) is 24.3 Å². The zero-order chi connectivity index (χ0) is 14.5. The molecule has 3 nitrogen and oxygen atoms in total. The van der Waals surface area contributed by atoms with Crippen LogP contribution in [-0.2, 0) is 17.6 Å². The Morgan fingerprint density at radius 1 is 1.24 bits per heavy atom. The first kappa shape index (κ1) is 15.0. The highest BCUT2D eigenvalue weighted by Crippen LogP contribution is 2.28. The Hall–Kier alpha value is -0.900. The highest BCUT2D eigenvalue weighted by molar-refractivity contribution is 5.33. The molecule has 0 saturated carbocycles. The van der Waals surface area contributed by atoms with Gasteiger partial charge in [0, 0.05) is 26.2 Å². The minimum Gasteiger partial charge on any atom is -0.383 e. The Bertz CT molecular complexity index is 424. The van der Waals surface area contributed by atoms with Gasteiger partial charge in [0.05, 0.1) is 6.61 Å². The van der Waals surface area contributed by atoms with Gasteiger partial charge in [0.1, 0.15) is 0 Å². The van der Waals surface area contributed by atoms with Crippen LogP contribution in [0, 0.1) is 5.92 Å². The topological polar surface area (TPSA) is 24.5 Å². The van der Waals surface area contributed by atoms with Crippen LogP contribution < -0.4 is 5.32 Å². The molecule has 1 atom stereocenters. The maximum absolute atomic E-state index is 5.10. The van der Waals surface area contributed by atoms with E-state index in [1.165, 1.54) is 38.8 Å². The van der Waals surface area contributed by atoms with Gasteiger partial charge in [-0.15, -0.1) is 0 Å². The van der Waals surface area contributed by atoms with Crippen LogP contribution in [0.4, 0.5) is 0 Å². The molecule has 0 radical (unpaired) electrons. The molecule has 1 aliphatic carbocycles. The molecule has 1 saturated heterocycles. The standard InChI is InChI=1S/C18H28N2O/c1-21-10-8-19-13-15-5-4-9-20(14-15)18-11-16-6-2-3-7-17(16)12-18/h2-3,6-7,15,18-19H,4-5,8-14H2,1H3/t15-/m1/s1. The lowest BCUT2D eigenvalue weighted by molar-refractivity contribution is 0.123. The Morgan fingerprint density at radius 3 is 2.71 bits per heavy atom. The van der Waals surface area contributed by atoms with Gasteiger partial charge in [-0.3, -0.25) is 4.90 Å². The van der Waals surface area contributed by atoms with Crippen molar-refractivity contribution in [2.75, 3.05) is 39.9 Å². The van der Waals surface area contributed by atoms with Gasteiger partial charge in [0.25, 0.3) is 0 Å². The zero-order valence-electron chi connectivity index (χ0n) is 13.2. The van der Waals surface area contributed by atoms with Crippen LogP contribution >= 0.6 is 0 Å². The molecular weight excluding hydrogens is 260 g/mol. The van der Waals surface area contributed by atoms with Crippen LogP contribution in [0.2, 0.25) is 0 Å². The average Bonchev–Trinajstić information content (AvgIpc) is 2.96. The number of hydrogen-bond acceptors (Lipinski definition) is 3. The number of likely N-dealkylation sites (tertiary alicyclic amines) is 1. The number of hydrogen-bond donors (Lipinski definition) is 1. The molecule has 21 heavy (non-hydrogen) atoms. The lowest BCUT2D eigenvalue weighted by atomic mass is 9.96. The van der Waals surface area contributed by atoms with Gasteiger partial charge in [-0.05, 0) is 55.8 Å². The molecule has 0 spiro atoms.